The summed E-state index contributed by atoms with van der Waals surface area (Å²) in [4.78, 5) is 9.35. The predicted octanol–water partition coefficient (Wildman–Crippen LogP) is 7.58. The van der Waals surface area contributed by atoms with Crippen LogP contribution in [0.3, 0.4) is 0 Å². The molecule has 2 unspecified atom stereocenters. The van der Waals surface area contributed by atoms with Crippen LogP contribution in [0, 0.1) is 5.92 Å². The van der Waals surface area contributed by atoms with Crippen LogP contribution in [0.5, 0.6) is 0 Å². The third-order valence-corrected chi connectivity index (χ3v) is 8.06. The van der Waals surface area contributed by atoms with Gasteiger partial charge in [0.05, 0.1) is 5.52 Å². The van der Waals surface area contributed by atoms with Crippen molar-refractivity contribution in [3.05, 3.63) is 114 Å². The van der Waals surface area contributed by atoms with Crippen LogP contribution < -0.4 is 5.32 Å². The maximum Gasteiger partial charge on any atom is 0.218 e. The van der Waals surface area contributed by atoms with Crippen molar-refractivity contribution >= 4 is 39.9 Å². The first-order valence-electron chi connectivity index (χ1n) is 13.5. The number of amidine groups is 2. The Labute approximate surface area is 228 Å². The molecule has 0 saturated carbocycles. The molecule has 1 aromatic heterocycles. The Kier molecular flexibility index (Phi) is 5.98. The Morgan fingerprint density at radius 1 is 0.816 bits per heavy atom. The van der Waals surface area contributed by atoms with Gasteiger partial charge in [-0.2, -0.15) is 0 Å². The SMILES string of the molecule is ClC1N=C(c2ccccc2-c2ccccc2)NC(C2C=CC(n3c4c(c5ccccc53)CCCC4)=CC2)=N1. The Morgan fingerprint density at radius 2 is 1.58 bits per heavy atom. The number of nitrogens with zero attached hydrogens (tertiary/aromatic N) is 3. The van der Waals surface area contributed by atoms with E-state index in [0.717, 1.165) is 41.2 Å². The molecule has 7 rings (SSSR count). The number of rotatable bonds is 4. The lowest BCUT2D eigenvalue weighted by Gasteiger charge is -2.26. The fourth-order valence-corrected chi connectivity index (χ4v) is 6.29. The molecule has 0 spiro atoms. The number of hydrogen-bond acceptors (Lipinski definition) is 3. The minimum Gasteiger partial charge on any atom is -0.328 e. The molecule has 0 fully saturated rings. The van der Waals surface area contributed by atoms with Gasteiger partial charge in [-0.1, -0.05) is 96.5 Å². The molecule has 0 bridgehead atoms. The van der Waals surface area contributed by atoms with Gasteiger partial charge in [-0.25, -0.2) is 9.98 Å². The van der Waals surface area contributed by atoms with E-state index in [1.165, 1.54) is 47.1 Å². The molecule has 4 aromatic rings. The van der Waals surface area contributed by atoms with Gasteiger partial charge in [0.25, 0.3) is 0 Å². The second-order valence-electron chi connectivity index (χ2n) is 10.2. The molecule has 1 N–H and O–H groups in total. The van der Waals surface area contributed by atoms with Gasteiger partial charge in [-0.15, -0.1) is 0 Å². The highest BCUT2D eigenvalue weighted by molar-refractivity contribution is 6.24. The highest BCUT2D eigenvalue weighted by Crippen LogP contribution is 2.36. The van der Waals surface area contributed by atoms with Crippen LogP contribution in [-0.4, -0.2) is 21.9 Å². The van der Waals surface area contributed by atoms with E-state index in [0.29, 0.717) is 0 Å². The van der Waals surface area contributed by atoms with E-state index in [9.17, 15) is 0 Å². The molecule has 3 aliphatic rings. The molecule has 0 radical (unpaired) electrons. The number of halogens is 1. The summed E-state index contributed by atoms with van der Waals surface area (Å²) in [5, 5.41) is 4.94. The van der Waals surface area contributed by atoms with Crippen molar-refractivity contribution in [3.8, 4) is 11.1 Å². The molecule has 2 heterocycles. The molecule has 2 aliphatic carbocycles. The fraction of sp³-hybridized carbons (Fsp3) is 0.212. The van der Waals surface area contributed by atoms with Crippen molar-refractivity contribution in [1.82, 2.24) is 9.88 Å². The summed E-state index contributed by atoms with van der Waals surface area (Å²) in [5.74, 6) is 1.75. The number of aryl methyl sites for hydroxylation is 1. The molecular weight excluding hydrogens is 488 g/mol. The summed E-state index contributed by atoms with van der Waals surface area (Å²) in [6.07, 6.45) is 12.6. The van der Waals surface area contributed by atoms with Crippen LogP contribution in [0.15, 0.2) is 107 Å². The molecule has 2 atom stereocenters. The van der Waals surface area contributed by atoms with E-state index in [-0.39, 0.29) is 5.92 Å². The lowest BCUT2D eigenvalue weighted by Crippen LogP contribution is -2.40. The van der Waals surface area contributed by atoms with Crippen molar-refractivity contribution in [3.63, 3.8) is 0 Å². The number of para-hydroxylation sites is 1. The fourth-order valence-electron chi connectivity index (χ4n) is 6.09. The molecule has 188 valence electrons. The number of aliphatic imine (C=N–C) groups is 2. The summed E-state index contributed by atoms with van der Waals surface area (Å²) in [7, 11) is 0. The standard InChI is InChI=1S/C33H29ClN4/c34-33-36-31(35-32(37-33)28-15-5-4-12-25(28)22-10-2-1-3-11-22)23-18-20-24(21-19-23)38-29-16-8-6-13-26(29)27-14-7-9-17-30(27)38/h1-6,8,10-13,15-16,18,20-21,23,33H,7,9,14,17,19H2,(H,35,36,37). The maximum atomic E-state index is 6.57. The molecule has 0 saturated heterocycles. The lowest BCUT2D eigenvalue weighted by molar-refractivity contribution is 0.668. The van der Waals surface area contributed by atoms with Gasteiger partial charge in [0.1, 0.15) is 11.7 Å². The normalized spacial score (nSPS) is 20.8. The number of aromatic nitrogens is 1. The summed E-state index contributed by atoms with van der Waals surface area (Å²) in [6.45, 7) is 0. The quantitative estimate of drug-likeness (QED) is 0.220. The van der Waals surface area contributed by atoms with Crippen LogP contribution in [0.2, 0.25) is 0 Å². The van der Waals surface area contributed by atoms with Gasteiger partial charge < -0.3 is 9.88 Å². The third kappa shape index (κ3) is 4.10. The molecule has 38 heavy (non-hydrogen) atoms. The second kappa shape index (κ2) is 9.77. The first kappa shape index (κ1) is 23.2. The average Bonchev–Trinajstić information content (AvgIpc) is 3.32. The smallest absolute Gasteiger partial charge is 0.218 e. The first-order chi connectivity index (χ1) is 18.8. The van der Waals surface area contributed by atoms with Gasteiger partial charge in [-0.3, -0.25) is 0 Å². The highest BCUT2D eigenvalue weighted by atomic mass is 35.5. The van der Waals surface area contributed by atoms with Crippen molar-refractivity contribution in [1.29, 1.82) is 0 Å². The van der Waals surface area contributed by atoms with E-state index >= 15 is 0 Å². The van der Waals surface area contributed by atoms with E-state index < -0.39 is 5.62 Å². The van der Waals surface area contributed by atoms with Crippen LogP contribution >= 0.6 is 11.6 Å². The molecule has 0 amide bonds. The van der Waals surface area contributed by atoms with Gasteiger partial charge in [0, 0.05) is 28.3 Å². The molecule has 3 aromatic carbocycles. The zero-order chi connectivity index (χ0) is 25.5. The molecule has 5 heteroatoms. The number of alkyl halides is 1. The zero-order valence-corrected chi connectivity index (χ0v) is 21.9. The Hall–Kier alpha value is -3.89. The van der Waals surface area contributed by atoms with Crippen LogP contribution in [0.25, 0.3) is 27.7 Å². The third-order valence-electron chi connectivity index (χ3n) is 7.86. The van der Waals surface area contributed by atoms with Crippen LogP contribution in [0.1, 0.15) is 36.1 Å². The predicted molar refractivity (Wildman–Crippen MR) is 159 cm³/mol. The van der Waals surface area contributed by atoms with Gasteiger partial charge in [0.15, 0.2) is 0 Å². The van der Waals surface area contributed by atoms with Crippen LogP contribution in [0.4, 0.5) is 0 Å². The number of nitrogens with one attached hydrogen (secondary N) is 1. The van der Waals surface area contributed by atoms with Crippen LogP contribution in [-0.2, 0) is 12.8 Å². The minimum absolute atomic E-state index is 0.118. The molecule has 1 aliphatic heterocycles. The molecular formula is C33H29ClN4. The number of hydrogen-bond donors (Lipinski definition) is 1. The summed E-state index contributed by atoms with van der Waals surface area (Å²) >= 11 is 6.57. The summed E-state index contributed by atoms with van der Waals surface area (Å²) in [6, 6.07) is 27.5. The first-order valence-corrected chi connectivity index (χ1v) is 13.9. The van der Waals surface area contributed by atoms with E-state index in [1.54, 1.807) is 0 Å². The van der Waals surface area contributed by atoms with Crippen molar-refractivity contribution in [2.75, 3.05) is 0 Å². The van der Waals surface area contributed by atoms with E-state index in [4.69, 9.17) is 11.6 Å². The zero-order valence-electron chi connectivity index (χ0n) is 21.1. The summed E-state index contributed by atoms with van der Waals surface area (Å²) < 4.78 is 2.49. The monoisotopic (exact) mass is 516 g/mol. The number of fused-ring (bicyclic) bond motifs is 3. The minimum atomic E-state index is -0.649. The Balaban J connectivity index is 1.17. The topological polar surface area (TPSA) is 41.7 Å². The average molecular weight is 517 g/mol. The van der Waals surface area contributed by atoms with Crippen molar-refractivity contribution < 1.29 is 0 Å². The van der Waals surface area contributed by atoms with Gasteiger partial charge >= 0.3 is 0 Å². The summed E-state index contributed by atoms with van der Waals surface area (Å²) in [5.41, 5.74) is 8.22. The van der Waals surface area contributed by atoms with Gasteiger partial charge in [0.2, 0.25) is 5.62 Å². The number of allylic oxidation sites excluding steroid dienone is 3. The second-order valence-corrected chi connectivity index (χ2v) is 10.5. The highest BCUT2D eigenvalue weighted by Gasteiger charge is 2.26. The molecule has 4 nitrogen and oxygen atoms in total. The Bertz CT molecular complexity index is 1640. The van der Waals surface area contributed by atoms with E-state index in [1.807, 2.05) is 12.1 Å². The lowest BCUT2D eigenvalue weighted by atomic mass is 9.94. The van der Waals surface area contributed by atoms with Crippen molar-refractivity contribution in [2.45, 2.75) is 37.7 Å². The largest absolute Gasteiger partial charge is 0.328 e. The van der Waals surface area contributed by atoms with E-state index in [2.05, 4.69) is 105 Å². The number of benzene rings is 3. The Morgan fingerprint density at radius 3 is 2.42 bits per heavy atom. The maximum absolute atomic E-state index is 6.57. The van der Waals surface area contributed by atoms with Gasteiger partial charge in [-0.05, 0) is 60.9 Å². The van der Waals surface area contributed by atoms with Crippen molar-refractivity contribution in [2.24, 2.45) is 15.9 Å².